The third kappa shape index (κ3) is 5.64. The first-order chi connectivity index (χ1) is 8.75. The Balaban J connectivity index is 0.00000180. The monoisotopic (exact) mass is 394 g/mol. The van der Waals surface area contributed by atoms with Crippen LogP contribution in [0.3, 0.4) is 0 Å². The second kappa shape index (κ2) is 8.73. The topological polar surface area (TPSA) is 63.3 Å². The molecule has 0 amide bonds. The van der Waals surface area contributed by atoms with Gasteiger partial charge in [0, 0.05) is 10.9 Å². The first-order valence-corrected chi connectivity index (χ1v) is 7.59. The molecule has 0 radical (unpaired) electrons. The molecule has 0 unspecified atom stereocenters. The average molecular weight is 394 g/mol. The van der Waals surface area contributed by atoms with Gasteiger partial charge in [0.15, 0.2) is 5.96 Å². The van der Waals surface area contributed by atoms with Crippen molar-refractivity contribution >= 4 is 41.3 Å². The molecular weight excluding hydrogens is 371 g/mol. The fourth-order valence-corrected chi connectivity index (χ4v) is 3.01. The Hall–Kier alpha value is -0.370. The molecule has 1 aliphatic rings. The number of hydrogen-bond donors (Lipinski definition) is 2. The summed E-state index contributed by atoms with van der Waals surface area (Å²) in [4.78, 5) is 9.81. The van der Waals surface area contributed by atoms with Gasteiger partial charge in [0.05, 0.1) is 17.7 Å². The van der Waals surface area contributed by atoms with Crippen molar-refractivity contribution in [3.63, 3.8) is 0 Å². The van der Waals surface area contributed by atoms with Crippen molar-refractivity contribution in [3.05, 3.63) is 16.1 Å². The molecule has 1 saturated carbocycles. The van der Waals surface area contributed by atoms with Gasteiger partial charge in [-0.3, -0.25) is 0 Å². The molecule has 19 heavy (non-hydrogen) atoms. The highest BCUT2D eigenvalue weighted by Gasteiger charge is 2.12. The highest BCUT2D eigenvalue weighted by atomic mass is 127. The highest BCUT2D eigenvalue weighted by molar-refractivity contribution is 14.0. The number of aromatic nitrogens is 1. The number of aliphatic imine (C=N–C) groups is 1. The second-order valence-electron chi connectivity index (χ2n) is 4.90. The predicted molar refractivity (Wildman–Crippen MR) is 92.2 cm³/mol. The Labute approximate surface area is 136 Å². The van der Waals surface area contributed by atoms with Crippen LogP contribution >= 0.6 is 35.3 Å². The number of halogens is 1. The molecule has 1 fully saturated rings. The van der Waals surface area contributed by atoms with Crippen LogP contribution in [0.2, 0.25) is 0 Å². The lowest BCUT2D eigenvalue weighted by molar-refractivity contribution is 0.530. The summed E-state index contributed by atoms with van der Waals surface area (Å²) < 4.78 is 0. The van der Waals surface area contributed by atoms with E-state index in [1.165, 1.54) is 43.4 Å². The van der Waals surface area contributed by atoms with Gasteiger partial charge in [-0.25, -0.2) is 9.98 Å². The molecule has 3 N–H and O–H groups in total. The van der Waals surface area contributed by atoms with E-state index in [4.69, 9.17) is 5.73 Å². The minimum atomic E-state index is 0. The van der Waals surface area contributed by atoms with Gasteiger partial charge in [0.25, 0.3) is 0 Å². The minimum Gasteiger partial charge on any atom is -0.370 e. The van der Waals surface area contributed by atoms with Crippen LogP contribution in [0.15, 0.2) is 10.5 Å². The van der Waals surface area contributed by atoms with E-state index in [2.05, 4.69) is 15.3 Å². The van der Waals surface area contributed by atoms with Crippen LogP contribution in [0.4, 0.5) is 0 Å². The van der Waals surface area contributed by atoms with Crippen molar-refractivity contribution in [1.29, 1.82) is 0 Å². The second-order valence-corrected chi connectivity index (χ2v) is 5.83. The Morgan fingerprint density at radius 3 is 2.68 bits per heavy atom. The van der Waals surface area contributed by atoms with E-state index in [9.17, 15) is 0 Å². The van der Waals surface area contributed by atoms with Crippen molar-refractivity contribution in [1.82, 2.24) is 10.3 Å². The van der Waals surface area contributed by atoms with E-state index in [1.807, 2.05) is 12.4 Å². The lowest BCUT2D eigenvalue weighted by Crippen LogP contribution is -2.39. The number of nitrogens with one attached hydrogen (secondary N) is 1. The predicted octanol–water partition coefficient (Wildman–Crippen LogP) is 3.20. The Bertz CT molecular complexity index is 397. The Kier molecular flexibility index (Phi) is 7.67. The molecule has 1 aromatic rings. The number of thiazole rings is 1. The molecule has 6 heteroatoms. The lowest BCUT2D eigenvalue weighted by Gasteiger charge is -2.16. The van der Waals surface area contributed by atoms with Gasteiger partial charge >= 0.3 is 0 Å². The summed E-state index contributed by atoms with van der Waals surface area (Å²) in [6.07, 6.45) is 7.76. The van der Waals surface area contributed by atoms with Crippen LogP contribution < -0.4 is 11.1 Å². The van der Waals surface area contributed by atoms with Gasteiger partial charge in [-0.15, -0.1) is 35.3 Å². The maximum atomic E-state index is 5.95. The van der Waals surface area contributed by atoms with Crippen LogP contribution in [0.25, 0.3) is 0 Å². The number of aryl methyl sites for hydroxylation is 1. The summed E-state index contributed by atoms with van der Waals surface area (Å²) in [6, 6.07) is 0.513. The SMILES string of the molecule is Cc1ncsc1CN=C(N)NC1CCCCCC1.I. The van der Waals surface area contributed by atoms with Crippen molar-refractivity contribution in [2.24, 2.45) is 10.7 Å². The number of hydrogen-bond acceptors (Lipinski definition) is 3. The molecule has 0 bridgehead atoms. The van der Waals surface area contributed by atoms with Gasteiger partial charge in [-0.1, -0.05) is 25.7 Å². The molecule has 0 saturated heterocycles. The Morgan fingerprint density at radius 2 is 2.11 bits per heavy atom. The molecule has 1 aliphatic carbocycles. The summed E-state index contributed by atoms with van der Waals surface area (Å²) in [5, 5.41) is 3.35. The van der Waals surface area contributed by atoms with E-state index in [0.717, 1.165) is 5.69 Å². The zero-order valence-electron chi connectivity index (χ0n) is 11.4. The van der Waals surface area contributed by atoms with Crippen molar-refractivity contribution < 1.29 is 0 Å². The molecule has 1 heterocycles. The molecule has 0 aromatic carbocycles. The number of guanidine groups is 1. The number of nitrogens with two attached hydrogens (primary N) is 1. The molecule has 0 aliphatic heterocycles. The normalized spacial score (nSPS) is 17.6. The summed E-state index contributed by atoms with van der Waals surface area (Å²) in [6.45, 7) is 2.65. The largest absolute Gasteiger partial charge is 0.370 e. The van der Waals surface area contributed by atoms with Gasteiger partial charge in [0.2, 0.25) is 0 Å². The summed E-state index contributed by atoms with van der Waals surface area (Å²) in [5.41, 5.74) is 8.86. The molecule has 108 valence electrons. The molecule has 4 nitrogen and oxygen atoms in total. The van der Waals surface area contributed by atoms with Crippen LogP contribution in [0.1, 0.15) is 49.1 Å². The smallest absolute Gasteiger partial charge is 0.189 e. The van der Waals surface area contributed by atoms with Gasteiger partial charge < -0.3 is 11.1 Å². The third-order valence-electron chi connectivity index (χ3n) is 3.45. The third-order valence-corrected chi connectivity index (χ3v) is 4.36. The van der Waals surface area contributed by atoms with E-state index in [-0.39, 0.29) is 24.0 Å². The average Bonchev–Trinajstić information content (AvgIpc) is 2.61. The molecule has 0 spiro atoms. The van der Waals surface area contributed by atoms with Crippen LogP contribution in [0.5, 0.6) is 0 Å². The lowest BCUT2D eigenvalue weighted by atomic mass is 10.1. The van der Waals surface area contributed by atoms with E-state index in [1.54, 1.807) is 11.3 Å². The van der Waals surface area contributed by atoms with Gasteiger partial charge in [-0.2, -0.15) is 0 Å². The maximum Gasteiger partial charge on any atom is 0.189 e. The van der Waals surface area contributed by atoms with Crippen LogP contribution in [-0.4, -0.2) is 17.0 Å². The number of nitrogens with zero attached hydrogens (tertiary/aromatic N) is 2. The van der Waals surface area contributed by atoms with E-state index < -0.39 is 0 Å². The fraction of sp³-hybridized carbons (Fsp3) is 0.692. The highest BCUT2D eigenvalue weighted by Crippen LogP contribution is 2.17. The van der Waals surface area contributed by atoms with Crippen molar-refractivity contribution in [2.45, 2.75) is 58.0 Å². The van der Waals surface area contributed by atoms with E-state index in [0.29, 0.717) is 18.5 Å². The van der Waals surface area contributed by atoms with E-state index >= 15 is 0 Å². The molecule has 2 rings (SSSR count). The first-order valence-electron chi connectivity index (χ1n) is 6.71. The molecule has 0 atom stereocenters. The minimum absolute atomic E-state index is 0. The summed E-state index contributed by atoms with van der Waals surface area (Å²) in [7, 11) is 0. The van der Waals surface area contributed by atoms with Crippen LogP contribution in [-0.2, 0) is 6.54 Å². The number of rotatable bonds is 3. The first kappa shape index (κ1) is 16.7. The zero-order chi connectivity index (χ0) is 12.8. The Morgan fingerprint density at radius 1 is 1.42 bits per heavy atom. The van der Waals surface area contributed by atoms with Crippen molar-refractivity contribution in [2.75, 3.05) is 0 Å². The summed E-state index contributed by atoms with van der Waals surface area (Å²) >= 11 is 1.64. The van der Waals surface area contributed by atoms with Crippen molar-refractivity contribution in [3.8, 4) is 0 Å². The quantitative estimate of drug-likeness (QED) is 0.358. The van der Waals surface area contributed by atoms with Gasteiger partial charge in [-0.05, 0) is 19.8 Å². The van der Waals surface area contributed by atoms with Gasteiger partial charge in [0.1, 0.15) is 0 Å². The maximum absolute atomic E-state index is 5.95. The summed E-state index contributed by atoms with van der Waals surface area (Å²) in [5.74, 6) is 0.578. The van der Waals surface area contributed by atoms with Crippen LogP contribution in [0, 0.1) is 6.92 Å². The standard InChI is InChI=1S/C13H22N4S.HI/c1-10-12(18-9-16-10)8-15-13(14)17-11-6-4-2-3-5-7-11;/h9,11H,2-8H2,1H3,(H3,14,15,17);1H. The molecular formula is C13H23IN4S. The fourth-order valence-electron chi connectivity index (χ4n) is 2.31. The zero-order valence-corrected chi connectivity index (χ0v) is 14.5. The molecule has 1 aromatic heterocycles.